The van der Waals surface area contributed by atoms with Gasteiger partial charge in [-0.1, -0.05) is 0 Å². The lowest BCUT2D eigenvalue weighted by molar-refractivity contribution is 0.530. The van der Waals surface area contributed by atoms with Crippen LogP contribution >= 0.6 is 23.1 Å². The van der Waals surface area contributed by atoms with Gasteiger partial charge in [0.1, 0.15) is 10.8 Å². The van der Waals surface area contributed by atoms with E-state index in [1.807, 2.05) is 31.4 Å². The van der Waals surface area contributed by atoms with E-state index >= 15 is 0 Å². The van der Waals surface area contributed by atoms with Crippen molar-refractivity contribution in [3.8, 4) is 10.6 Å². The molecule has 0 N–H and O–H groups in total. The highest BCUT2D eigenvalue weighted by atomic mass is 32.2. The maximum atomic E-state index is 12.4. The SMILES string of the molecule is Cc1nn(C)c(=O)c(-c2nc(CSCc3ccco3)cs2)c1C. The van der Waals surface area contributed by atoms with Gasteiger partial charge < -0.3 is 4.42 Å². The van der Waals surface area contributed by atoms with Crippen LogP contribution in [0.5, 0.6) is 0 Å². The van der Waals surface area contributed by atoms with E-state index in [-0.39, 0.29) is 5.56 Å². The summed E-state index contributed by atoms with van der Waals surface area (Å²) in [4.78, 5) is 17.0. The fourth-order valence-corrected chi connectivity index (χ4v) is 4.08. The number of thioether (sulfide) groups is 1. The van der Waals surface area contributed by atoms with E-state index in [4.69, 9.17) is 4.42 Å². The summed E-state index contributed by atoms with van der Waals surface area (Å²) >= 11 is 3.25. The van der Waals surface area contributed by atoms with Gasteiger partial charge in [0.15, 0.2) is 0 Å². The van der Waals surface area contributed by atoms with Crippen molar-refractivity contribution in [2.45, 2.75) is 25.4 Å². The summed E-state index contributed by atoms with van der Waals surface area (Å²) in [5.74, 6) is 2.57. The molecule has 0 saturated carbocycles. The zero-order valence-corrected chi connectivity index (χ0v) is 14.8. The molecule has 3 rings (SSSR count). The Kier molecular flexibility index (Phi) is 4.68. The largest absolute Gasteiger partial charge is 0.468 e. The van der Waals surface area contributed by atoms with Crippen LogP contribution in [0.3, 0.4) is 0 Å². The van der Waals surface area contributed by atoms with Gasteiger partial charge in [-0.05, 0) is 31.5 Å². The number of aryl methyl sites for hydroxylation is 2. The minimum atomic E-state index is -0.0998. The van der Waals surface area contributed by atoms with Gasteiger partial charge >= 0.3 is 0 Å². The van der Waals surface area contributed by atoms with Crippen LogP contribution in [0.4, 0.5) is 0 Å². The van der Waals surface area contributed by atoms with Crippen molar-refractivity contribution in [2.24, 2.45) is 7.05 Å². The van der Waals surface area contributed by atoms with Crippen molar-refractivity contribution in [3.05, 3.63) is 56.8 Å². The Balaban J connectivity index is 1.78. The molecule has 0 atom stereocenters. The predicted octanol–water partition coefficient (Wildman–Crippen LogP) is 3.55. The molecule has 0 radical (unpaired) electrons. The first-order valence-corrected chi connectivity index (χ1v) is 9.19. The lowest BCUT2D eigenvalue weighted by Crippen LogP contribution is -2.23. The molecule has 7 heteroatoms. The van der Waals surface area contributed by atoms with E-state index < -0.39 is 0 Å². The van der Waals surface area contributed by atoms with Gasteiger partial charge in [-0.25, -0.2) is 9.67 Å². The zero-order valence-electron chi connectivity index (χ0n) is 13.2. The minimum Gasteiger partial charge on any atom is -0.468 e. The second-order valence-electron chi connectivity index (χ2n) is 5.23. The lowest BCUT2D eigenvalue weighted by Gasteiger charge is -2.07. The van der Waals surface area contributed by atoms with Crippen LogP contribution in [0.1, 0.15) is 22.7 Å². The van der Waals surface area contributed by atoms with Crippen LogP contribution in [-0.2, 0) is 18.6 Å². The first kappa shape index (κ1) is 16.0. The highest BCUT2D eigenvalue weighted by molar-refractivity contribution is 7.97. The van der Waals surface area contributed by atoms with Crippen molar-refractivity contribution in [3.63, 3.8) is 0 Å². The third-order valence-corrected chi connectivity index (χ3v) is 5.46. The Morgan fingerprint density at radius 2 is 2.17 bits per heavy atom. The number of nitrogens with zero attached hydrogens (tertiary/aromatic N) is 3. The second kappa shape index (κ2) is 6.72. The molecule has 0 aromatic carbocycles. The average molecular weight is 347 g/mol. The van der Waals surface area contributed by atoms with Crippen LogP contribution < -0.4 is 5.56 Å². The Morgan fingerprint density at radius 1 is 1.35 bits per heavy atom. The Labute approximate surface area is 142 Å². The molecule has 0 fully saturated rings. The molecule has 0 spiro atoms. The maximum absolute atomic E-state index is 12.4. The van der Waals surface area contributed by atoms with Crippen molar-refractivity contribution in [1.82, 2.24) is 14.8 Å². The molecule has 0 aliphatic heterocycles. The van der Waals surface area contributed by atoms with Crippen molar-refractivity contribution >= 4 is 23.1 Å². The number of rotatable bonds is 5. The summed E-state index contributed by atoms with van der Waals surface area (Å²) in [7, 11) is 1.67. The molecule has 0 aliphatic carbocycles. The van der Waals surface area contributed by atoms with Crippen molar-refractivity contribution in [1.29, 1.82) is 0 Å². The number of hydrogen-bond donors (Lipinski definition) is 0. The van der Waals surface area contributed by atoms with E-state index in [1.165, 1.54) is 16.0 Å². The van der Waals surface area contributed by atoms with Crippen LogP contribution in [0.25, 0.3) is 10.6 Å². The van der Waals surface area contributed by atoms with E-state index in [9.17, 15) is 4.79 Å². The smallest absolute Gasteiger partial charge is 0.277 e. The molecular formula is C16H17N3O2S2. The van der Waals surface area contributed by atoms with Crippen LogP contribution in [0, 0.1) is 13.8 Å². The molecule has 3 heterocycles. The molecule has 0 aliphatic rings. The highest BCUT2D eigenvalue weighted by Gasteiger charge is 2.15. The summed E-state index contributed by atoms with van der Waals surface area (Å²) in [6, 6.07) is 3.85. The van der Waals surface area contributed by atoms with Gasteiger partial charge in [0, 0.05) is 18.2 Å². The van der Waals surface area contributed by atoms with Gasteiger partial charge in [0.25, 0.3) is 5.56 Å². The molecule has 3 aromatic heterocycles. The molecule has 0 unspecified atom stereocenters. The summed E-state index contributed by atoms with van der Waals surface area (Å²) in [5, 5.41) is 6.99. The van der Waals surface area contributed by atoms with Gasteiger partial charge in [-0.15, -0.1) is 23.1 Å². The lowest BCUT2D eigenvalue weighted by atomic mass is 10.1. The average Bonchev–Trinajstić information content (AvgIpc) is 3.18. The molecule has 5 nitrogen and oxygen atoms in total. The maximum Gasteiger partial charge on any atom is 0.277 e. The van der Waals surface area contributed by atoms with Crippen LogP contribution in [0.2, 0.25) is 0 Å². The van der Waals surface area contributed by atoms with Crippen LogP contribution in [-0.4, -0.2) is 14.8 Å². The fourth-order valence-electron chi connectivity index (χ4n) is 2.24. The zero-order chi connectivity index (χ0) is 16.4. The summed E-state index contributed by atoms with van der Waals surface area (Å²) in [6.07, 6.45) is 1.68. The van der Waals surface area contributed by atoms with Gasteiger partial charge in [0.2, 0.25) is 0 Å². The van der Waals surface area contributed by atoms with Crippen LogP contribution in [0.15, 0.2) is 33.0 Å². The Bertz CT molecular complexity index is 866. The number of aromatic nitrogens is 3. The van der Waals surface area contributed by atoms with Gasteiger partial charge in [-0.2, -0.15) is 5.10 Å². The monoisotopic (exact) mass is 347 g/mol. The topological polar surface area (TPSA) is 60.9 Å². The van der Waals surface area contributed by atoms with Gasteiger partial charge in [0.05, 0.1) is 29.0 Å². The van der Waals surface area contributed by atoms with E-state index in [0.717, 1.165) is 39.2 Å². The molecule has 0 amide bonds. The van der Waals surface area contributed by atoms with E-state index in [0.29, 0.717) is 5.56 Å². The van der Waals surface area contributed by atoms with Gasteiger partial charge in [-0.3, -0.25) is 4.79 Å². The third kappa shape index (κ3) is 3.40. The number of hydrogen-bond acceptors (Lipinski definition) is 6. The normalized spacial score (nSPS) is 11.1. The first-order valence-electron chi connectivity index (χ1n) is 7.15. The summed E-state index contributed by atoms with van der Waals surface area (Å²) in [5.41, 5.74) is 3.30. The number of thiazole rings is 1. The molecule has 120 valence electrons. The molecular weight excluding hydrogens is 330 g/mol. The fraction of sp³-hybridized carbons (Fsp3) is 0.312. The Hall–Kier alpha value is -1.86. The van der Waals surface area contributed by atoms with Crippen molar-refractivity contribution < 1.29 is 4.42 Å². The third-order valence-electron chi connectivity index (χ3n) is 3.57. The van der Waals surface area contributed by atoms with Crippen molar-refractivity contribution in [2.75, 3.05) is 0 Å². The molecule has 0 saturated heterocycles. The van der Waals surface area contributed by atoms with E-state index in [1.54, 1.807) is 25.1 Å². The predicted molar refractivity (Wildman–Crippen MR) is 93.8 cm³/mol. The minimum absolute atomic E-state index is 0.0998. The summed E-state index contributed by atoms with van der Waals surface area (Å²) in [6.45, 7) is 3.83. The standard InChI is InChI=1S/C16H17N3O2S2/c1-10-11(2)18-19(3)16(20)14(10)15-17-12(8-23-15)7-22-9-13-5-4-6-21-13/h4-6,8H,7,9H2,1-3H3. The molecule has 0 bridgehead atoms. The first-order chi connectivity index (χ1) is 11.1. The second-order valence-corrected chi connectivity index (χ2v) is 7.07. The number of furan rings is 1. The highest BCUT2D eigenvalue weighted by Crippen LogP contribution is 2.27. The molecule has 23 heavy (non-hydrogen) atoms. The summed E-state index contributed by atoms with van der Waals surface area (Å²) < 4.78 is 6.69. The quantitative estimate of drug-likeness (QED) is 0.706. The Morgan fingerprint density at radius 3 is 2.91 bits per heavy atom. The van der Waals surface area contributed by atoms with E-state index in [2.05, 4.69) is 10.1 Å². The molecule has 3 aromatic rings.